The van der Waals surface area contributed by atoms with Gasteiger partial charge in [-0.2, -0.15) is 0 Å². The van der Waals surface area contributed by atoms with Gasteiger partial charge < -0.3 is 9.84 Å². The topological polar surface area (TPSA) is 38.1 Å². The third-order valence-corrected chi connectivity index (χ3v) is 2.44. The van der Waals surface area contributed by atoms with Gasteiger partial charge in [-0.3, -0.25) is 0 Å². The summed E-state index contributed by atoms with van der Waals surface area (Å²) in [6.07, 6.45) is 0.919. The molecule has 2 aromatic rings. The molecule has 1 N–H and O–H groups in total. The van der Waals surface area contributed by atoms with E-state index in [0.717, 1.165) is 31.0 Å². The Morgan fingerprint density at radius 3 is 2.69 bits per heavy atom. The van der Waals surface area contributed by atoms with Crippen molar-refractivity contribution in [1.29, 1.82) is 0 Å². The van der Waals surface area contributed by atoms with Gasteiger partial charge in [0.1, 0.15) is 0 Å². The minimum atomic E-state index is 0.724. The van der Waals surface area contributed by atoms with Crippen LogP contribution in [-0.4, -0.2) is 5.16 Å². The Morgan fingerprint density at radius 1 is 1.19 bits per heavy atom. The lowest BCUT2D eigenvalue weighted by Crippen LogP contribution is -2.11. The average molecular weight is 216 g/mol. The summed E-state index contributed by atoms with van der Waals surface area (Å²) in [5.74, 6) is 0.896. The van der Waals surface area contributed by atoms with E-state index in [2.05, 4.69) is 29.5 Å². The predicted octanol–water partition coefficient (Wildman–Crippen LogP) is 2.53. The van der Waals surface area contributed by atoms with E-state index in [1.54, 1.807) is 0 Å². The molecule has 0 saturated heterocycles. The summed E-state index contributed by atoms with van der Waals surface area (Å²) in [6, 6.07) is 12.3. The van der Waals surface area contributed by atoms with Gasteiger partial charge in [0.2, 0.25) is 0 Å². The van der Waals surface area contributed by atoms with Crippen LogP contribution in [0.15, 0.2) is 40.9 Å². The third-order valence-electron chi connectivity index (χ3n) is 2.44. The van der Waals surface area contributed by atoms with Crippen LogP contribution < -0.4 is 5.32 Å². The smallest absolute Gasteiger partial charge is 0.150 e. The van der Waals surface area contributed by atoms with E-state index in [1.165, 1.54) is 5.56 Å². The molecule has 84 valence electrons. The van der Waals surface area contributed by atoms with Crippen LogP contribution >= 0.6 is 0 Å². The maximum absolute atomic E-state index is 5.18. The van der Waals surface area contributed by atoms with Gasteiger partial charge in [-0.05, 0) is 12.0 Å². The largest absolute Gasteiger partial charge is 0.360 e. The maximum atomic E-state index is 5.18. The standard InChI is InChI=1S/C13H16N2O/c1-2-12-8-13(16-15-12)10-14-9-11-6-4-3-5-7-11/h3-8,14H,2,9-10H2,1H3. The van der Waals surface area contributed by atoms with E-state index in [0.29, 0.717) is 0 Å². The molecule has 0 amide bonds. The van der Waals surface area contributed by atoms with E-state index < -0.39 is 0 Å². The number of aryl methyl sites for hydroxylation is 1. The van der Waals surface area contributed by atoms with Crippen LogP contribution in [0.4, 0.5) is 0 Å². The van der Waals surface area contributed by atoms with E-state index in [4.69, 9.17) is 4.52 Å². The Kier molecular flexibility index (Phi) is 3.72. The maximum Gasteiger partial charge on any atom is 0.150 e. The number of aromatic nitrogens is 1. The van der Waals surface area contributed by atoms with Crippen LogP contribution in [0.25, 0.3) is 0 Å². The van der Waals surface area contributed by atoms with E-state index in [1.807, 2.05) is 24.3 Å². The van der Waals surface area contributed by atoms with Crippen LogP contribution in [0.2, 0.25) is 0 Å². The second-order valence-electron chi connectivity index (χ2n) is 3.73. The van der Waals surface area contributed by atoms with Crippen molar-refractivity contribution in [1.82, 2.24) is 10.5 Å². The molecule has 0 atom stereocenters. The number of hydrogen-bond donors (Lipinski definition) is 1. The van der Waals surface area contributed by atoms with Gasteiger partial charge in [-0.1, -0.05) is 42.4 Å². The summed E-state index contributed by atoms with van der Waals surface area (Å²) < 4.78 is 5.18. The fourth-order valence-electron chi connectivity index (χ4n) is 1.53. The zero-order valence-corrected chi connectivity index (χ0v) is 9.44. The van der Waals surface area contributed by atoms with Gasteiger partial charge in [0.05, 0.1) is 12.2 Å². The molecular weight excluding hydrogens is 200 g/mol. The monoisotopic (exact) mass is 216 g/mol. The lowest BCUT2D eigenvalue weighted by Gasteiger charge is -2.01. The number of rotatable bonds is 5. The van der Waals surface area contributed by atoms with Crippen molar-refractivity contribution in [3.05, 3.63) is 53.4 Å². The molecule has 0 spiro atoms. The first kappa shape index (κ1) is 10.9. The quantitative estimate of drug-likeness (QED) is 0.834. The molecule has 0 fully saturated rings. The molecule has 0 radical (unpaired) electrons. The summed E-state index contributed by atoms with van der Waals surface area (Å²) in [6.45, 7) is 3.64. The average Bonchev–Trinajstić information content (AvgIpc) is 2.78. The van der Waals surface area contributed by atoms with E-state index in [9.17, 15) is 0 Å². The molecule has 0 aliphatic rings. The Balaban J connectivity index is 1.80. The second kappa shape index (κ2) is 5.47. The van der Waals surface area contributed by atoms with Crippen molar-refractivity contribution >= 4 is 0 Å². The molecule has 2 rings (SSSR count). The first-order valence-electron chi connectivity index (χ1n) is 5.57. The van der Waals surface area contributed by atoms with Crippen LogP contribution in [-0.2, 0) is 19.5 Å². The van der Waals surface area contributed by atoms with Crippen molar-refractivity contribution in [3.63, 3.8) is 0 Å². The summed E-state index contributed by atoms with van der Waals surface area (Å²) in [4.78, 5) is 0. The first-order valence-corrected chi connectivity index (χ1v) is 5.57. The van der Waals surface area contributed by atoms with Crippen molar-refractivity contribution in [2.75, 3.05) is 0 Å². The van der Waals surface area contributed by atoms with Crippen LogP contribution in [0.1, 0.15) is 23.9 Å². The molecule has 1 aromatic carbocycles. The Morgan fingerprint density at radius 2 is 2.00 bits per heavy atom. The molecule has 0 aliphatic carbocycles. The fourth-order valence-corrected chi connectivity index (χ4v) is 1.53. The van der Waals surface area contributed by atoms with Crippen LogP contribution in [0.3, 0.4) is 0 Å². The highest BCUT2D eigenvalue weighted by atomic mass is 16.5. The molecule has 0 saturated carbocycles. The molecule has 0 unspecified atom stereocenters. The zero-order chi connectivity index (χ0) is 11.2. The summed E-state index contributed by atoms with van der Waals surface area (Å²) in [7, 11) is 0. The van der Waals surface area contributed by atoms with Crippen LogP contribution in [0.5, 0.6) is 0 Å². The van der Waals surface area contributed by atoms with Gasteiger partial charge in [0, 0.05) is 12.6 Å². The van der Waals surface area contributed by atoms with Crippen molar-refractivity contribution < 1.29 is 4.52 Å². The van der Waals surface area contributed by atoms with Crippen molar-refractivity contribution in [2.45, 2.75) is 26.4 Å². The van der Waals surface area contributed by atoms with Gasteiger partial charge in [0.15, 0.2) is 5.76 Å². The van der Waals surface area contributed by atoms with E-state index >= 15 is 0 Å². The van der Waals surface area contributed by atoms with Gasteiger partial charge in [0.25, 0.3) is 0 Å². The minimum Gasteiger partial charge on any atom is -0.360 e. The Labute approximate surface area is 95.5 Å². The summed E-state index contributed by atoms with van der Waals surface area (Å²) in [5.41, 5.74) is 2.29. The number of benzene rings is 1. The molecule has 3 nitrogen and oxygen atoms in total. The molecule has 0 bridgehead atoms. The first-order chi connectivity index (χ1) is 7.88. The molecule has 1 aromatic heterocycles. The number of hydrogen-bond acceptors (Lipinski definition) is 3. The lowest BCUT2D eigenvalue weighted by atomic mass is 10.2. The summed E-state index contributed by atoms with van der Waals surface area (Å²) in [5, 5.41) is 7.27. The van der Waals surface area contributed by atoms with Gasteiger partial charge in [-0.25, -0.2) is 0 Å². The molecular formula is C13H16N2O. The molecule has 0 aliphatic heterocycles. The highest BCUT2D eigenvalue weighted by molar-refractivity contribution is 5.14. The van der Waals surface area contributed by atoms with Crippen LogP contribution in [0, 0.1) is 0 Å². The number of nitrogens with zero attached hydrogens (tertiary/aromatic N) is 1. The lowest BCUT2D eigenvalue weighted by molar-refractivity contribution is 0.368. The number of nitrogens with one attached hydrogen (secondary N) is 1. The summed E-state index contributed by atoms with van der Waals surface area (Å²) >= 11 is 0. The molecule has 3 heteroatoms. The third kappa shape index (κ3) is 2.94. The highest BCUT2D eigenvalue weighted by Gasteiger charge is 2.01. The van der Waals surface area contributed by atoms with Gasteiger partial charge in [-0.15, -0.1) is 0 Å². The minimum absolute atomic E-state index is 0.724. The normalized spacial score (nSPS) is 10.6. The highest BCUT2D eigenvalue weighted by Crippen LogP contribution is 2.04. The second-order valence-corrected chi connectivity index (χ2v) is 3.73. The molecule has 16 heavy (non-hydrogen) atoms. The van der Waals surface area contributed by atoms with Crippen molar-refractivity contribution in [2.24, 2.45) is 0 Å². The van der Waals surface area contributed by atoms with Gasteiger partial charge >= 0.3 is 0 Å². The Hall–Kier alpha value is -1.61. The molecule has 1 heterocycles. The SMILES string of the molecule is CCc1cc(CNCc2ccccc2)on1. The zero-order valence-electron chi connectivity index (χ0n) is 9.44. The van der Waals surface area contributed by atoms with E-state index in [-0.39, 0.29) is 0 Å². The van der Waals surface area contributed by atoms with Crippen molar-refractivity contribution in [3.8, 4) is 0 Å². The fraction of sp³-hybridized carbons (Fsp3) is 0.308. The Bertz CT molecular complexity index is 423. The predicted molar refractivity (Wildman–Crippen MR) is 62.9 cm³/mol.